The Hall–Kier alpha value is -6.64. The van der Waals surface area contributed by atoms with E-state index in [0.717, 1.165) is 38.8 Å². The van der Waals surface area contributed by atoms with E-state index in [0.29, 0.717) is 0 Å². The number of aryl methyl sites for hydroxylation is 2. The lowest BCUT2D eigenvalue weighted by Gasteiger charge is -2.33. The van der Waals surface area contributed by atoms with Crippen molar-refractivity contribution in [3.63, 3.8) is 0 Å². The molecular formula is C57H46N2. The summed E-state index contributed by atoms with van der Waals surface area (Å²) in [5.41, 5.74) is 18.6. The van der Waals surface area contributed by atoms with E-state index in [1.807, 2.05) is 0 Å². The highest BCUT2D eigenvalue weighted by atomic mass is 15.1. The smallest absolute Gasteiger partial charge is 0.0443 e. The van der Waals surface area contributed by atoms with E-state index in [9.17, 15) is 0 Å². The Kier molecular flexibility index (Phi) is 7.69. The molecule has 284 valence electrons. The maximum absolute atomic E-state index is 2.57. The van der Waals surface area contributed by atoms with Crippen molar-refractivity contribution in [3.8, 4) is 33.4 Å². The molecule has 0 radical (unpaired) electrons. The summed E-state index contributed by atoms with van der Waals surface area (Å²) in [6.07, 6.45) is 4.53. The molecule has 59 heavy (non-hydrogen) atoms. The van der Waals surface area contributed by atoms with E-state index in [1.165, 1.54) is 111 Å². The molecule has 3 aliphatic rings. The van der Waals surface area contributed by atoms with Crippen LogP contribution in [0.1, 0.15) is 48.9 Å². The Balaban J connectivity index is 1.22. The highest BCUT2D eigenvalue weighted by Gasteiger charge is 2.38. The van der Waals surface area contributed by atoms with Crippen molar-refractivity contribution in [2.75, 3.05) is 22.9 Å². The van der Waals surface area contributed by atoms with E-state index in [1.54, 1.807) is 0 Å². The van der Waals surface area contributed by atoms with Gasteiger partial charge in [-0.3, -0.25) is 0 Å². The molecule has 0 spiro atoms. The van der Waals surface area contributed by atoms with Gasteiger partial charge in [0.1, 0.15) is 0 Å². The number of hydrogen-bond acceptors (Lipinski definition) is 2. The number of nitrogens with zero attached hydrogens (tertiary/aromatic N) is 2. The van der Waals surface area contributed by atoms with E-state index in [-0.39, 0.29) is 5.41 Å². The fraction of sp³-hybridized carbons (Fsp3) is 0.158. The third kappa shape index (κ3) is 5.18. The zero-order valence-corrected chi connectivity index (χ0v) is 33.8. The molecule has 0 bridgehead atoms. The molecule has 0 fully saturated rings. The monoisotopic (exact) mass is 758 g/mol. The molecule has 0 aromatic heterocycles. The average molecular weight is 759 g/mol. The van der Waals surface area contributed by atoms with Gasteiger partial charge in [-0.15, -0.1) is 0 Å². The minimum atomic E-state index is -0.170. The SMILES string of the molecule is CC1(C)c2ccccc2-c2cccc(-c3c4cc(N5CCCc6ccccc65)ccc4c(-c4cccc5ccccc45)c4cc(N5CCCc6ccccc65)ccc34)c21. The van der Waals surface area contributed by atoms with Crippen LogP contribution in [0.15, 0.2) is 170 Å². The van der Waals surface area contributed by atoms with Gasteiger partial charge >= 0.3 is 0 Å². The molecular weight excluding hydrogens is 713 g/mol. The van der Waals surface area contributed by atoms with Gasteiger partial charge in [0, 0.05) is 41.3 Å². The second-order valence-corrected chi connectivity index (χ2v) is 17.4. The van der Waals surface area contributed by atoms with Gasteiger partial charge in [0.2, 0.25) is 0 Å². The summed E-state index contributed by atoms with van der Waals surface area (Å²) in [6.45, 7) is 6.87. The lowest BCUT2D eigenvalue weighted by atomic mass is 9.76. The van der Waals surface area contributed by atoms with E-state index < -0.39 is 0 Å². The molecule has 0 N–H and O–H groups in total. The van der Waals surface area contributed by atoms with Gasteiger partial charge in [-0.2, -0.15) is 0 Å². The Labute approximate surface area is 347 Å². The van der Waals surface area contributed by atoms with Crippen molar-refractivity contribution < 1.29 is 0 Å². The van der Waals surface area contributed by atoms with Crippen molar-refractivity contribution in [2.45, 2.75) is 44.9 Å². The van der Waals surface area contributed by atoms with Crippen LogP contribution in [-0.4, -0.2) is 13.1 Å². The Bertz CT molecular complexity index is 3160. The highest BCUT2D eigenvalue weighted by molar-refractivity contribution is 6.25. The zero-order valence-electron chi connectivity index (χ0n) is 33.8. The molecule has 12 rings (SSSR count). The minimum absolute atomic E-state index is 0.170. The summed E-state index contributed by atoms with van der Waals surface area (Å²) < 4.78 is 0. The van der Waals surface area contributed by atoms with Crippen LogP contribution >= 0.6 is 0 Å². The summed E-state index contributed by atoms with van der Waals surface area (Å²) in [5.74, 6) is 0. The molecule has 0 saturated carbocycles. The number of para-hydroxylation sites is 2. The Morgan fingerprint density at radius 3 is 1.61 bits per heavy atom. The van der Waals surface area contributed by atoms with Gasteiger partial charge in [-0.05, 0) is 150 Å². The zero-order chi connectivity index (χ0) is 39.2. The molecule has 0 atom stereocenters. The van der Waals surface area contributed by atoms with Crippen molar-refractivity contribution in [3.05, 3.63) is 192 Å². The van der Waals surface area contributed by atoms with Crippen molar-refractivity contribution in [1.82, 2.24) is 0 Å². The molecule has 9 aromatic rings. The van der Waals surface area contributed by atoms with Crippen LogP contribution < -0.4 is 9.80 Å². The van der Waals surface area contributed by atoms with Crippen LogP contribution in [0.4, 0.5) is 22.7 Å². The first-order chi connectivity index (χ1) is 29.0. The van der Waals surface area contributed by atoms with Gasteiger partial charge in [0.25, 0.3) is 0 Å². The number of rotatable bonds is 4. The normalized spacial score (nSPS) is 15.3. The second kappa shape index (κ2) is 13.2. The lowest BCUT2D eigenvalue weighted by molar-refractivity contribution is 0.662. The number of hydrogen-bond donors (Lipinski definition) is 0. The maximum Gasteiger partial charge on any atom is 0.0443 e. The summed E-state index contributed by atoms with van der Waals surface area (Å²) in [6, 6.07) is 64.7. The molecule has 9 aromatic carbocycles. The summed E-state index contributed by atoms with van der Waals surface area (Å²) in [4.78, 5) is 5.13. The van der Waals surface area contributed by atoms with Gasteiger partial charge in [0.15, 0.2) is 0 Å². The number of fused-ring (bicyclic) bond motifs is 8. The standard InChI is InChI=1S/C57H46N2/c1-57(2)51-26-8-7-22-43(51)47-24-12-25-48(56(47)57)55-46-32-30-40(58-33-13-19-38-16-4-9-27-52(38)58)35-49(46)54(44-23-11-18-37-15-3-6-21-42(37)44)45-31-29-41(36-50(45)55)59-34-14-20-39-17-5-10-28-53(39)59/h3-12,15-18,21-32,35-36H,13-14,19-20,33-34H2,1-2H3. The first-order valence-corrected chi connectivity index (χ1v) is 21.5. The van der Waals surface area contributed by atoms with Crippen molar-refractivity contribution in [2.24, 2.45) is 0 Å². The quantitative estimate of drug-likeness (QED) is 0.165. The molecule has 2 heterocycles. The fourth-order valence-electron chi connectivity index (χ4n) is 11.2. The maximum atomic E-state index is 2.57. The van der Waals surface area contributed by atoms with Crippen molar-refractivity contribution in [1.29, 1.82) is 0 Å². The van der Waals surface area contributed by atoms with Crippen LogP contribution in [0.2, 0.25) is 0 Å². The molecule has 2 heteroatoms. The van der Waals surface area contributed by atoms with E-state index in [4.69, 9.17) is 0 Å². The average Bonchev–Trinajstić information content (AvgIpc) is 3.53. The fourth-order valence-corrected chi connectivity index (χ4v) is 11.2. The van der Waals surface area contributed by atoms with Crippen LogP contribution in [0.3, 0.4) is 0 Å². The van der Waals surface area contributed by atoms with Crippen molar-refractivity contribution >= 4 is 55.1 Å². The summed E-state index contributed by atoms with van der Waals surface area (Å²) in [7, 11) is 0. The molecule has 0 amide bonds. The Morgan fingerprint density at radius 1 is 0.407 bits per heavy atom. The molecule has 2 nitrogen and oxygen atoms in total. The molecule has 2 aliphatic heterocycles. The number of anilines is 4. The predicted molar refractivity (Wildman–Crippen MR) is 251 cm³/mol. The van der Waals surface area contributed by atoms with Gasteiger partial charge in [-0.25, -0.2) is 0 Å². The Morgan fingerprint density at radius 2 is 0.915 bits per heavy atom. The molecule has 1 aliphatic carbocycles. The van der Waals surface area contributed by atoms with Gasteiger partial charge < -0.3 is 9.80 Å². The predicted octanol–water partition coefficient (Wildman–Crippen LogP) is 15.0. The van der Waals surface area contributed by atoms with Crippen LogP contribution in [0, 0.1) is 0 Å². The summed E-state index contributed by atoms with van der Waals surface area (Å²) in [5, 5.41) is 7.73. The third-order valence-corrected chi connectivity index (χ3v) is 13.8. The topological polar surface area (TPSA) is 6.48 Å². The number of benzene rings is 9. The molecule has 0 unspecified atom stereocenters. The summed E-state index contributed by atoms with van der Waals surface area (Å²) >= 11 is 0. The first kappa shape index (κ1) is 34.4. The minimum Gasteiger partial charge on any atom is -0.341 e. The second-order valence-electron chi connectivity index (χ2n) is 17.4. The van der Waals surface area contributed by atoms with Crippen LogP contribution in [0.5, 0.6) is 0 Å². The molecule has 0 saturated heterocycles. The highest BCUT2D eigenvalue weighted by Crippen LogP contribution is 2.55. The van der Waals surface area contributed by atoms with Crippen LogP contribution in [0.25, 0.3) is 65.7 Å². The van der Waals surface area contributed by atoms with E-state index >= 15 is 0 Å². The van der Waals surface area contributed by atoms with Gasteiger partial charge in [0.05, 0.1) is 0 Å². The third-order valence-electron chi connectivity index (χ3n) is 13.8. The van der Waals surface area contributed by atoms with Crippen LogP contribution in [-0.2, 0) is 18.3 Å². The lowest BCUT2D eigenvalue weighted by Crippen LogP contribution is -2.24. The first-order valence-electron chi connectivity index (χ1n) is 21.5. The van der Waals surface area contributed by atoms with Gasteiger partial charge in [-0.1, -0.05) is 147 Å². The largest absolute Gasteiger partial charge is 0.341 e. The van der Waals surface area contributed by atoms with E-state index in [2.05, 4.69) is 194 Å².